The number of phenols is 1. The lowest BCUT2D eigenvalue weighted by Crippen LogP contribution is -2.69. The number of hydrogen-bond donors (Lipinski definition) is 3. The van der Waals surface area contributed by atoms with Gasteiger partial charge < -0.3 is 20.5 Å². The lowest BCUT2D eigenvalue weighted by molar-refractivity contribution is -0.126. The number of carbonyl (C=O) groups is 1. The molecule has 134 valence electrons. The highest BCUT2D eigenvalue weighted by Crippen LogP contribution is 2.60. The van der Waals surface area contributed by atoms with Crippen molar-refractivity contribution in [1.29, 1.82) is 0 Å². The fourth-order valence-electron chi connectivity index (χ4n) is 6.03. The van der Waals surface area contributed by atoms with E-state index in [1.807, 2.05) is 12.1 Å². The zero-order chi connectivity index (χ0) is 17.0. The molecule has 1 spiro atoms. The third kappa shape index (κ3) is 2.21. The summed E-state index contributed by atoms with van der Waals surface area (Å²) < 4.78 is 6.00. The fourth-order valence-corrected chi connectivity index (χ4v) is 6.03. The van der Waals surface area contributed by atoms with Gasteiger partial charge in [0.05, 0.1) is 12.1 Å². The maximum Gasteiger partial charge on any atom is 0.315 e. The Balaban J connectivity index is 1.28. The summed E-state index contributed by atoms with van der Waals surface area (Å²) >= 11 is 0. The minimum Gasteiger partial charge on any atom is -0.508 e. The second-order valence-electron chi connectivity index (χ2n) is 8.22. The predicted octanol–water partition coefficient (Wildman–Crippen LogP) is 3.03. The summed E-state index contributed by atoms with van der Waals surface area (Å²) in [5, 5.41) is 16.4. The number of carbonyl (C=O) groups excluding carboxylic acids is 1. The molecule has 2 saturated carbocycles. The Bertz CT molecular complexity index is 698. The Morgan fingerprint density at radius 2 is 2.04 bits per heavy atom. The third-order valence-electron chi connectivity index (χ3n) is 7.12. The molecule has 25 heavy (non-hydrogen) atoms. The van der Waals surface area contributed by atoms with Crippen molar-refractivity contribution in [3.63, 3.8) is 0 Å². The Kier molecular flexibility index (Phi) is 3.49. The van der Waals surface area contributed by atoms with Crippen LogP contribution in [0.25, 0.3) is 0 Å². The van der Waals surface area contributed by atoms with E-state index >= 15 is 0 Å². The number of amides is 2. The molecule has 5 rings (SSSR count). The van der Waals surface area contributed by atoms with Crippen LogP contribution in [0.15, 0.2) is 18.2 Å². The summed E-state index contributed by atoms with van der Waals surface area (Å²) in [5.41, 5.74) is 2.22. The SMILES string of the molecule is O=C(N[C@@H]1[C@H]2CCO[C@@H]2C12CCCC2)N[C@@H]1CCc2c(O)cccc21. The molecule has 2 amide bonds. The monoisotopic (exact) mass is 342 g/mol. The first-order chi connectivity index (χ1) is 12.2. The molecule has 1 aliphatic heterocycles. The van der Waals surface area contributed by atoms with Crippen molar-refractivity contribution in [2.24, 2.45) is 11.3 Å². The molecule has 4 aliphatic rings. The van der Waals surface area contributed by atoms with Gasteiger partial charge in [0, 0.05) is 24.0 Å². The van der Waals surface area contributed by atoms with Crippen LogP contribution in [-0.4, -0.2) is 29.9 Å². The number of urea groups is 1. The van der Waals surface area contributed by atoms with E-state index in [-0.39, 0.29) is 23.5 Å². The Labute approximate surface area is 148 Å². The number of benzene rings is 1. The van der Waals surface area contributed by atoms with Crippen LogP contribution >= 0.6 is 0 Å². The van der Waals surface area contributed by atoms with Crippen molar-refractivity contribution in [2.75, 3.05) is 6.61 Å². The van der Waals surface area contributed by atoms with E-state index in [1.54, 1.807) is 6.07 Å². The zero-order valence-corrected chi connectivity index (χ0v) is 14.5. The van der Waals surface area contributed by atoms with Crippen molar-refractivity contribution in [3.8, 4) is 5.75 Å². The molecular weight excluding hydrogens is 316 g/mol. The van der Waals surface area contributed by atoms with Crippen LogP contribution in [0, 0.1) is 11.3 Å². The minimum atomic E-state index is -0.0668. The standard InChI is InChI=1S/C20H26N2O3/c23-16-5-3-4-12-13(16)6-7-15(12)21-19(24)22-17-14-8-11-25-18(14)20(17)9-1-2-10-20/h3-5,14-15,17-18,23H,1-2,6-11H2,(H2,21,22,24)/t14-,15-,17-,18+/m1/s1. The summed E-state index contributed by atoms with van der Waals surface area (Å²) in [5.74, 6) is 0.834. The lowest BCUT2D eigenvalue weighted by Gasteiger charge is -2.56. The van der Waals surface area contributed by atoms with Gasteiger partial charge in [-0.1, -0.05) is 25.0 Å². The number of rotatable bonds is 2. The van der Waals surface area contributed by atoms with E-state index in [1.165, 1.54) is 25.7 Å². The van der Waals surface area contributed by atoms with E-state index in [0.29, 0.717) is 17.8 Å². The van der Waals surface area contributed by atoms with Gasteiger partial charge in [-0.3, -0.25) is 0 Å². The van der Waals surface area contributed by atoms with Crippen LogP contribution < -0.4 is 10.6 Å². The van der Waals surface area contributed by atoms with Gasteiger partial charge in [-0.2, -0.15) is 0 Å². The molecule has 5 heteroatoms. The van der Waals surface area contributed by atoms with Crippen LogP contribution in [0.2, 0.25) is 0 Å². The van der Waals surface area contributed by atoms with Crippen molar-refractivity contribution < 1.29 is 14.6 Å². The van der Waals surface area contributed by atoms with E-state index < -0.39 is 0 Å². The zero-order valence-electron chi connectivity index (χ0n) is 14.5. The van der Waals surface area contributed by atoms with Crippen molar-refractivity contribution in [2.45, 2.75) is 63.1 Å². The Morgan fingerprint density at radius 3 is 2.88 bits per heavy atom. The van der Waals surface area contributed by atoms with Gasteiger partial charge in [-0.25, -0.2) is 4.79 Å². The maximum absolute atomic E-state index is 12.7. The van der Waals surface area contributed by atoms with Gasteiger partial charge in [0.1, 0.15) is 5.75 Å². The van der Waals surface area contributed by atoms with E-state index in [0.717, 1.165) is 37.0 Å². The predicted molar refractivity (Wildman–Crippen MR) is 93.4 cm³/mol. The van der Waals surface area contributed by atoms with Crippen LogP contribution in [-0.2, 0) is 11.2 Å². The average molecular weight is 342 g/mol. The number of ether oxygens (including phenoxy) is 1. The molecule has 1 heterocycles. The first kappa shape index (κ1) is 15.5. The number of phenolic OH excluding ortho intramolecular Hbond substituents is 1. The first-order valence-electron chi connectivity index (χ1n) is 9.68. The average Bonchev–Trinajstić information content (AvgIpc) is 3.32. The summed E-state index contributed by atoms with van der Waals surface area (Å²) in [4.78, 5) is 12.7. The molecule has 5 nitrogen and oxygen atoms in total. The largest absolute Gasteiger partial charge is 0.508 e. The molecular formula is C20H26N2O3. The summed E-state index contributed by atoms with van der Waals surface area (Å²) in [6.07, 6.45) is 7.97. The fraction of sp³-hybridized carbons (Fsp3) is 0.650. The molecule has 3 aliphatic carbocycles. The minimum absolute atomic E-state index is 0.00247. The normalized spacial score (nSPS) is 34.4. The van der Waals surface area contributed by atoms with E-state index in [4.69, 9.17) is 4.74 Å². The topological polar surface area (TPSA) is 70.6 Å². The smallest absolute Gasteiger partial charge is 0.315 e. The van der Waals surface area contributed by atoms with E-state index in [9.17, 15) is 9.90 Å². The molecule has 0 unspecified atom stereocenters. The van der Waals surface area contributed by atoms with Crippen LogP contribution in [0.1, 0.15) is 55.7 Å². The van der Waals surface area contributed by atoms with Crippen LogP contribution in [0.3, 0.4) is 0 Å². The molecule has 4 atom stereocenters. The van der Waals surface area contributed by atoms with Gasteiger partial charge in [-0.15, -0.1) is 0 Å². The number of fused-ring (bicyclic) bond motifs is 3. The second kappa shape index (κ2) is 5.63. The Morgan fingerprint density at radius 1 is 1.20 bits per heavy atom. The third-order valence-corrected chi connectivity index (χ3v) is 7.12. The van der Waals surface area contributed by atoms with Crippen LogP contribution in [0.5, 0.6) is 5.75 Å². The number of nitrogens with one attached hydrogen (secondary N) is 2. The lowest BCUT2D eigenvalue weighted by atomic mass is 9.54. The highest BCUT2D eigenvalue weighted by molar-refractivity contribution is 5.75. The quantitative estimate of drug-likeness (QED) is 0.774. The summed E-state index contributed by atoms with van der Waals surface area (Å²) in [6, 6.07) is 5.77. The van der Waals surface area contributed by atoms with Gasteiger partial charge >= 0.3 is 6.03 Å². The van der Waals surface area contributed by atoms with Crippen LogP contribution in [0.4, 0.5) is 4.79 Å². The van der Waals surface area contributed by atoms with Gasteiger partial charge in [-0.05, 0) is 49.3 Å². The molecule has 3 N–H and O–H groups in total. The number of aromatic hydroxyl groups is 1. The van der Waals surface area contributed by atoms with Gasteiger partial charge in [0.25, 0.3) is 0 Å². The summed E-state index contributed by atoms with van der Waals surface area (Å²) in [6.45, 7) is 0.839. The second-order valence-corrected chi connectivity index (χ2v) is 8.22. The molecule has 1 aromatic carbocycles. The Hall–Kier alpha value is -1.75. The van der Waals surface area contributed by atoms with Crippen molar-refractivity contribution in [3.05, 3.63) is 29.3 Å². The molecule has 0 radical (unpaired) electrons. The molecule has 1 aromatic rings. The van der Waals surface area contributed by atoms with Crippen molar-refractivity contribution in [1.82, 2.24) is 10.6 Å². The van der Waals surface area contributed by atoms with Gasteiger partial charge in [0.15, 0.2) is 0 Å². The molecule has 3 fully saturated rings. The van der Waals surface area contributed by atoms with Gasteiger partial charge in [0.2, 0.25) is 0 Å². The highest BCUT2D eigenvalue weighted by Gasteiger charge is 2.65. The highest BCUT2D eigenvalue weighted by atomic mass is 16.5. The van der Waals surface area contributed by atoms with Crippen molar-refractivity contribution >= 4 is 6.03 Å². The number of hydrogen-bond acceptors (Lipinski definition) is 3. The summed E-state index contributed by atoms with van der Waals surface area (Å²) in [7, 11) is 0. The molecule has 0 aromatic heterocycles. The molecule has 1 saturated heterocycles. The maximum atomic E-state index is 12.7. The van der Waals surface area contributed by atoms with E-state index in [2.05, 4.69) is 10.6 Å². The molecule has 0 bridgehead atoms. The first-order valence-corrected chi connectivity index (χ1v) is 9.68.